The van der Waals surface area contributed by atoms with Gasteiger partial charge in [-0.15, -0.1) is 0 Å². The van der Waals surface area contributed by atoms with Gasteiger partial charge in [-0.25, -0.2) is 0 Å². The molecular weight excluding hydrogens is 212 g/mol. The highest BCUT2D eigenvalue weighted by atomic mass is 16.6. The number of hydrogen-bond acceptors (Lipinski definition) is 4. The maximum Gasteiger partial charge on any atom is 0.273 e. The molecule has 2 N–H and O–H groups in total. The summed E-state index contributed by atoms with van der Waals surface area (Å²) in [5.74, 6) is -0.421. The van der Waals surface area contributed by atoms with Crippen LogP contribution in [0, 0.1) is 17.0 Å². The monoisotopic (exact) mass is 224 g/mol. The number of amides is 1. The molecule has 0 aromatic heterocycles. The van der Waals surface area contributed by atoms with E-state index in [-0.39, 0.29) is 24.4 Å². The number of carbonyl (C=O) groups is 1. The molecule has 6 heteroatoms. The molecule has 1 aromatic rings. The molecule has 0 atom stereocenters. The molecule has 0 spiro atoms. The average molecular weight is 224 g/mol. The summed E-state index contributed by atoms with van der Waals surface area (Å²) in [5.41, 5.74) is 0.488. The number of aliphatic hydroxyl groups excluding tert-OH is 1. The molecule has 0 bridgehead atoms. The van der Waals surface area contributed by atoms with Crippen molar-refractivity contribution in [3.8, 4) is 0 Å². The van der Waals surface area contributed by atoms with Gasteiger partial charge in [0.1, 0.15) is 0 Å². The van der Waals surface area contributed by atoms with Crippen molar-refractivity contribution in [3.05, 3.63) is 39.4 Å². The fourth-order valence-electron chi connectivity index (χ4n) is 1.33. The molecule has 1 rings (SSSR count). The summed E-state index contributed by atoms with van der Waals surface area (Å²) in [6, 6.07) is 4.31. The first-order valence-electron chi connectivity index (χ1n) is 4.71. The van der Waals surface area contributed by atoms with Crippen LogP contribution in [0.4, 0.5) is 5.69 Å². The van der Waals surface area contributed by atoms with Gasteiger partial charge in [0, 0.05) is 23.7 Å². The van der Waals surface area contributed by atoms with E-state index in [1.54, 1.807) is 0 Å². The Morgan fingerprint density at radius 1 is 1.56 bits per heavy atom. The topological polar surface area (TPSA) is 92.5 Å². The lowest BCUT2D eigenvalue weighted by Crippen LogP contribution is -2.27. The SMILES string of the molecule is Cc1c(C(=O)NCCO)cccc1[N+](=O)[O-]. The predicted molar refractivity (Wildman–Crippen MR) is 57.3 cm³/mol. The molecule has 0 fully saturated rings. The van der Waals surface area contributed by atoms with Crippen molar-refractivity contribution in [1.29, 1.82) is 0 Å². The Morgan fingerprint density at radius 3 is 2.81 bits per heavy atom. The first-order valence-corrected chi connectivity index (χ1v) is 4.71. The standard InChI is InChI=1S/C10H12N2O4/c1-7-8(10(14)11-5-6-13)3-2-4-9(7)12(15)16/h2-4,13H,5-6H2,1H3,(H,11,14). The van der Waals surface area contributed by atoms with Gasteiger partial charge in [-0.2, -0.15) is 0 Å². The van der Waals surface area contributed by atoms with Crippen molar-refractivity contribution in [3.63, 3.8) is 0 Å². The molecular formula is C10H12N2O4. The smallest absolute Gasteiger partial charge is 0.273 e. The van der Waals surface area contributed by atoms with E-state index in [1.165, 1.54) is 25.1 Å². The summed E-state index contributed by atoms with van der Waals surface area (Å²) < 4.78 is 0. The molecule has 1 aromatic carbocycles. The molecule has 6 nitrogen and oxygen atoms in total. The van der Waals surface area contributed by atoms with Gasteiger partial charge in [-0.05, 0) is 13.0 Å². The van der Waals surface area contributed by atoms with Crippen LogP contribution in [0.2, 0.25) is 0 Å². The third kappa shape index (κ3) is 2.54. The molecule has 0 unspecified atom stereocenters. The number of nitrogens with zero attached hydrogens (tertiary/aromatic N) is 1. The Hall–Kier alpha value is -1.95. The fraction of sp³-hybridized carbons (Fsp3) is 0.300. The Morgan fingerprint density at radius 2 is 2.25 bits per heavy atom. The number of benzene rings is 1. The zero-order valence-electron chi connectivity index (χ0n) is 8.77. The highest BCUT2D eigenvalue weighted by molar-refractivity contribution is 5.96. The van der Waals surface area contributed by atoms with Crippen LogP contribution in [-0.4, -0.2) is 29.1 Å². The summed E-state index contributed by atoms with van der Waals surface area (Å²) in [5, 5.41) is 21.6. The molecule has 16 heavy (non-hydrogen) atoms. The lowest BCUT2D eigenvalue weighted by Gasteiger charge is -2.06. The van der Waals surface area contributed by atoms with E-state index in [2.05, 4.69) is 5.32 Å². The molecule has 0 saturated carbocycles. The second-order valence-electron chi connectivity index (χ2n) is 3.19. The third-order valence-electron chi connectivity index (χ3n) is 2.14. The highest BCUT2D eigenvalue weighted by Gasteiger charge is 2.17. The van der Waals surface area contributed by atoms with E-state index in [0.717, 1.165) is 0 Å². The largest absolute Gasteiger partial charge is 0.395 e. The minimum Gasteiger partial charge on any atom is -0.395 e. The van der Waals surface area contributed by atoms with Crippen LogP contribution in [0.15, 0.2) is 18.2 Å². The third-order valence-corrected chi connectivity index (χ3v) is 2.14. The van der Waals surface area contributed by atoms with Crippen LogP contribution in [0.25, 0.3) is 0 Å². The maximum absolute atomic E-state index is 11.6. The van der Waals surface area contributed by atoms with E-state index in [4.69, 9.17) is 5.11 Å². The number of nitro benzene ring substituents is 1. The van der Waals surface area contributed by atoms with Gasteiger partial charge < -0.3 is 10.4 Å². The van der Waals surface area contributed by atoms with Crippen LogP contribution in [0.3, 0.4) is 0 Å². The van der Waals surface area contributed by atoms with Gasteiger partial charge in [0.25, 0.3) is 11.6 Å². The Kier molecular flexibility index (Phi) is 3.96. The van der Waals surface area contributed by atoms with E-state index in [1.807, 2.05) is 0 Å². The zero-order chi connectivity index (χ0) is 12.1. The van der Waals surface area contributed by atoms with Crippen molar-refractivity contribution in [2.75, 3.05) is 13.2 Å². The minimum absolute atomic E-state index is 0.0864. The second-order valence-corrected chi connectivity index (χ2v) is 3.19. The van der Waals surface area contributed by atoms with E-state index in [9.17, 15) is 14.9 Å². The maximum atomic E-state index is 11.6. The number of rotatable bonds is 4. The van der Waals surface area contributed by atoms with Crippen molar-refractivity contribution < 1.29 is 14.8 Å². The highest BCUT2D eigenvalue weighted by Crippen LogP contribution is 2.20. The van der Waals surface area contributed by atoms with Crippen LogP contribution in [0.1, 0.15) is 15.9 Å². The molecule has 0 radical (unpaired) electrons. The van der Waals surface area contributed by atoms with Crippen LogP contribution in [-0.2, 0) is 0 Å². The van der Waals surface area contributed by atoms with Crippen LogP contribution < -0.4 is 5.32 Å². The molecule has 86 valence electrons. The number of nitrogens with one attached hydrogen (secondary N) is 1. The summed E-state index contributed by atoms with van der Waals surface area (Å²) in [4.78, 5) is 21.7. The zero-order valence-corrected chi connectivity index (χ0v) is 8.77. The van der Waals surface area contributed by atoms with Gasteiger partial charge in [-0.3, -0.25) is 14.9 Å². The Balaban J connectivity index is 3.01. The molecule has 0 saturated heterocycles. The van der Waals surface area contributed by atoms with E-state index < -0.39 is 10.8 Å². The number of hydrogen-bond donors (Lipinski definition) is 2. The van der Waals surface area contributed by atoms with Gasteiger partial charge in [0.2, 0.25) is 0 Å². The molecule has 0 aliphatic carbocycles. The van der Waals surface area contributed by atoms with Gasteiger partial charge in [-0.1, -0.05) is 6.07 Å². The van der Waals surface area contributed by atoms with Crippen molar-refractivity contribution in [2.45, 2.75) is 6.92 Å². The predicted octanol–water partition coefficient (Wildman–Crippen LogP) is 0.625. The summed E-state index contributed by atoms with van der Waals surface area (Å²) in [6.07, 6.45) is 0. The summed E-state index contributed by atoms with van der Waals surface area (Å²) >= 11 is 0. The molecule has 0 aliphatic heterocycles. The quantitative estimate of drug-likeness (QED) is 0.579. The Bertz CT molecular complexity index is 417. The molecule has 0 heterocycles. The van der Waals surface area contributed by atoms with E-state index >= 15 is 0 Å². The fourth-order valence-corrected chi connectivity index (χ4v) is 1.33. The van der Waals surface area contributed by atoms with Crippen LogP contribution >= 0.6 is 0 Å². The normalized spacial score (nSPS) is 9.88. The van der Waals surface area contributed by atoms with Gasteiger partial charge >= 0.3 is 0 Å². The summed E-state index contributed by atoms with van der Waals surface area (Å²) in [6.45, 7) is 1.48. The first kappa shape index (κ1) is 12.1. The van der Waals surface area contributed by atoms with Crippen molar-refractivity contribution in [2.24, 2.45) is 0 Å². The minimum atomic E-state index is -0.530. The second kappa shape index (κ2) is 5.22. The lowest BCUT2D eigenvalue weighted by atomic mass is 10.1. The van der Waals surface area contributed by atoms with E-state index in [0.29, 0.717) is 5.56 Å². The number of carbonyl (C=O) groups excluding carboxylic acids is 1. The first-order chi connectivity index (χ1) is 7.57. The van der Waals surface area contributed by atoms with Crippen LogP contribution in [0.5, 0.6) is 0 Å². The van der Waals surface area contributed by atoms with Crippen molar-refractivity contribution in [1.82, 2.24) is 5.32 Å². The average Bonchev–Trinajstić information content (AvgIpc) is 2.25. The number of aliphatic hydroxyl groups is 1. The lowest BCUT2D eigenvalue weighted by molar-refractivity contribution is -0.385. The number of nitro groups is 1. The molecule has 1 amide bonds. The van der Waals surface area contributed by atoms with Gasteiger partial charge in [0.05, 0.1) is 11.5 Å². The van der Waals surface area contributed by atoms with Gasteiger partial charge in [0.15, 0.2) is 0 Å². The summed E-state index contributed by atoms with van der Waals surface area (Å²) in [7, 11) is 0. The van der Waals surface area contributed by atoms with Crippen molar-refractivity contribution >= 4 is 11.6 Å². The molecule has 0 aliphatic rings. The Labute approximate surface area is 92.0 Å².